The number of piperazine rings is 1. The third-order valence-corrected chi connectivity index (χ3v) is 4.28. The molecule has 0 aromatic carbocycles. The van der Waals surface area contributed by atoms with Gasteiger partial charge >= 0.3 is 6.01 Å². The molecule has 1 N–H and O–H groups in total. The molecule has 110 valence electrons. The van der Waals surface area contributed by atoms with Gasteiger partial charge in [-0.2, -0.15) is 4.98 Å². The SMILES string of the molecule is COc1ncc(Cl)c(N2CCC(N3CCNCC3)C2)n1. The lowest BCUT2D eigenvalue weighted by Crippen LogP contribution is -2.49. The largest absolute Gasteiger partial charge is 0.467 e. The quantitative estimate of drug-likeness (QED) is 0.883. The van der Waals surface area contributed by atoms with Gasteiger partial charge in [0.25, 0.3) is 0 Å². The van der Waals surface area contributed by atoms with Gasteiger partial charge in [0.2, 0.25) is 0 Å². The Morgan fingerprint density at radius 1 is 1.35 bits per heavy atom. The fourth-order valence-electron chi connectivity index (χ4n) is 2.94. The maximum absolute atomic E-state index is 6.22. The minimum Gasteiger partial charge on any atom is -0.467 e. The van der Waals surface area contributed by atoms with Crippen molar-refractivity contribution in [3.05, 3.63) is 11.2 Å². The fraction of sp³-hybridized carbons (Fsp3) is 0.692. The summed E-state index contributed by atoms with van der Waals surface area (Å²) in [5, 5.41) is 3.98. The first kappa shape index (κ1) is 13.9. The molecule has 1 aromatic heterocycles. The van der Waals surface area contributed by atoms with E-state index in [0.717, 1.165) is 51.5 Å². The summed E-state index contributed by atoms with van der Waals surface area (Å²) in [6, 6.07) is 0.962. The predicted octanol–water partition coefficient (Wildman–Crippen LogP) is 0.622. The molecule has 3 heterocycles. The van der Waals surface area contributed by atoms with Crippen LogP contribution in [0.4, 0.5) is 5.82 Å². The highest BCUT2D eigenvalue weighted by Crippen LogP contribution is 2.28. The van der Waals surface area contributed by atoms with Crippen molar-refractivity contribution in [1.29, 1.82) is 0 Å². The molecule has 2 aliphatic heterocycles. The van der Waals surface area contributed by atoms with Crippen molar-refractivity contribution in [2.75, 3.05) is 51.3 Å². The summed E-state index contributed by atoms with van der Waals surface area (Å²) < 4.78 is 5.09. The number of ether oxygens (including phenoxy) is 1. The summed E-state index contributed by atoms with van der Waals surface area (Å²) in [7, 11) is 1.57. The van der Waals surface area contributed by atoms with E-state index in [1.165, 1.54) is 0 Å². The molecule has 3 rings (SSSR count). The molecular weight excluding hydrogens is 278 g/mol. The third kappa shape index (κ3) is 2.82. The fourth-order valence-corrected chi connectivity index (χ4v) is 3.15. The summed E-state index contributed by atoms with van der Waals surface area (Å²) in [5.41, 5.74) is 0. The zero-order valence-electron chi connectivity index (χ0n) is 11.7. The van der Waals surface area contributed by atoms with Crippen LogP contribution in [0.25, 0.3) is 0 Å². The van der Waals surface area contributed by atoms with Gasteiger partial charge in [0.15, 0.2) is 5.82 Å². The standard InChI is InChI=1S/C13H20ClN5O/c1-20-13-16-8-11(14)12(17-13)19-5-2-10(9-19)18-6-3-15-4-7-18/h8,10,15H,2-7,9H2,1H3. The van der Waals surface area contributed by atoms with Crippen LogP contribution in [-0.2, 0) is 0 Å². The van der Waals surface area contributed by atoms with Crippen LogP contribution in [-0.4, -0.2) is 67.3 Å². The summed E-state index contributed by atoms with van der Waals surface area (Å²) in [4.78, 5) is 13.2. The van der Waals surface area contributed by atoms with E-state index in [-0.39, 0.29) is 0 Å². The van der Waals surface area contributed by atoms with Gasteiger partial charge in [-0.05, 0) is 6.42 Å². The Hall–Kier alpha value is -1.11. The van der Waals surface area contributed by atoms with Crippen molar-refractivity contribution in [2.45, 2.75) is 12.5 Å². The zero-order valence-corrected chi connectivity index (χ0v) is 12.4. The molecular formula is C13H20ClN5O. The average Bonchev–Trinajstić information content (AvgIpc) is 2.98. The molecule has 0 bridgehead atoms. The molecule has 2 saturated heterocycles. The van der Waals surface area contributed by atoms with Gasteiger partial charge in [-0.25, -0.2) is 4.98 Å². The van der Waals surface area contributed by atoms with E-state index in [0.29, 0.717) is 17.1 Å². The van der Waals surface area contributed by atoms with Gasteiger partial charge in [0.05, 0.1) is 13.3 Å². The zero-order chi connectivity index (χ0) is 13.9. The van der Waals surface area contributed by atoms with Crippen molar-refractivity contribution in [2.24, 2.45) is 0 Å². The lowest BCUT2D eigenvalue weighted by atomic mass is 10.2. The monoisotopic (exact) mass is 297 g/mol. The second-order valence-corrected chi connectivity index (χ2v) is 5.61. The van der Waals surface area contributed by atoms with Crippen LogP contribution in [0.5, 0.6) is 6.01 Å². The minimum absolute atomic E-state index is 0.370. The first-order valence-corrected chi connectivity index (χ1v) is 7.42. The molecule has 20 heavy (non-hydrogen) atoms. The van der Waals surface area contributed by atoms with Crippen LogP contribution < -0.4 is 15.0 Å². The molecule has 0 saturated carbocycles. The van der Waals surface area contributed by atoms with Gasteiger partial charge < -0.3 is 15.0 Å². The molecule has 1 unspecified atom stereocenters. The summed E-state index contributed by atoms with van der Waals surface area (Å²) >= 11 is 6.22. The Bertz CT molecular complexity index is 466. The predicted molar refractivity (Wildman–Crippen MR) is 78.7 cm³/mol. The summed E-state index contributed by atoms with van der Waals surface area (Å²) in [6.45, 7) is 6.37. The van der Waals surface area contributed by atoms with E-state index in [1.54, 1.807) is 13.3 Å². The van der Waals surface area contributed by atoms with Crippen LogP contribution in [0.15, 0.2) is 6.20 Å². The van der Waals surface area contributed by atoms with Gasteiger partial charge in [-0.1, -0.05) is 11.6 Å². The van der Waals surface area contributed by atoms with E-state index in [4.69, 9.17) is 16.3 Å². The first-order chi connectivity index (χ1) is 9.78. The van der Waals surface area contributed by atoms with E-state index in [2.05, 4.69) is 25.1 Å². The lowest BCUT2D eigenvalue weighted by Gasteiger charge is -2.32. The molecule has 1 atom stereocenters. The highest BCUT2D eigenvalue weighted by atomic mass is 35.5. The van der Waals surface area contributed by atoms with Gasteiger partial charge in [0.1, 0.15) is 5.02 Å². The molecule has 7 heteroatoms. The van der Waals surface area contributed by atoms with Gasteiger partial charge in [0, 0.05) is 45.3 Å². The second-order valence-electron chi connectivity index (χ2n) is 5.20. The Morgan fingerprint density at radius 3 is 2.90 bits per heavy atom. The van der Waals surface area contributed by atoms with Crippen LogP contribution in [0.3, 0.4) is 0 Å². The molecule has 0 aliphatic carbocycles. The van der Waals surface area contributed by atoms with E-state index >= 15 is 0 Å². The number of anilines is 1. The molecule has 6 nitrogen and oxygen atoms in total. The Balaban J connectivity index is 1.70. The number of aromatic nitrogens is 2. The number of rotatable bonds is 3. The highest BCUT2D eigenvalue weighted by molar-refractivity contribution is 6.32. The number of nitrogens with one attached hydrogen (secondary N) is 1. The number of methoxy groups -OCH3 is 1. The number of nitrogens with zero attached hydrogens (tertiary/aromatic N) is 4. The Morgan fingerprint density at radius 2 is 2.15 bits per heavy atom. The number of hydrogen-bond donors (Lipinski definition) is 1. The summed E-state index contributed by atoms with van der Waals surface area (Å²) in [6.07, 6.45) is 2.77. The Kier molecular flexibility index (Phi) is 4.24. The second kappa shape index (κ2) is 6.11. The highest BCUT2D eigenvalue weighted by Gasteiger charge is 2.30. The molecule has 0 spiro atoms. The maximum Gasteiger partial charge on any atom is 0.318 e. The van der Waals surface area contributed by atoms with Crippen LogP contribution in [0, 0.1) is 0 Å². The van der Waals surface area contributed by atoms with Crippen molar-refractivity contribution in [1.82, 2.24) is 20.2 Å². The van der Waals surface area contributed by atoms with Crippen molar-refractivity contribution in [3.8, 4) is 6.01 Å². The minimum atomic E-state index is 0.370. The molecule has 0 amide bonds. The van der Waals surface area contributed by atoms with Crippen molar-refractivity contribution >= 4 is 17.4 Å². The first-order valence-electron chi connectivity index (χ1n) is 7.04. The summed E-state index contributed by atoms with van der Waals surface area (Å²) in [5.74, 6) is 0.788. The van der Waals surface area contributed by atoms with Crippen LogP contribution in [0.1, 0.15) is 6.42 Å². The van der Waals surface area contributed by atoms with Crippen LogP contribution in [0.2, 0.25) is 5.02 Å². The lowest BCUT2D eigenvalue weighted by molar-refractivity contribution is 0.185. The van der Waals surface area contributed by atoms with E-state index in [9.17, 15) is 0 Å². The third-order valence-electron chi connectivity index (χ3n) is 4.02. The van der Waals surface area contributed by atoms with Crippen LogP contribution >= 0.6 is 11.6 Å². The maximum atomic E-state index is 6.22. The van der Waals surface area contributed by atoms with Gasteiger partial charge in [-0.15, -0.1) is 0 Å². The average molecular weight is 298 g/mol. The van der Waals surface area contributed by atoms with Crippen molar-refractivity contribution < 1.29 is 4.74 Å². The number of hydrogen-bond acceptors (Lipinski definition) is 6. The molecule has 2 fully saturated rings. The molecule has 1 aromatic rings. The number of halogens is 1. The molecule has 0 radical (unpaired) electrons. The Labute approximate surface area is 124 Å². The normalized spacial score (nSPS) is 24.1. The molecule has 2 aliphatic rings. The van der Waals surface area contributed by atoms with Crippen molar-refractivity contribution in [3.63, 3.8) is 0 Å². The van der Waals surface area contributed by atoms with E-state index in [1.807, 2.05) is 0 Å². The van der Waals surface area contributed by atoms with Gasteiger partial charge in [-0.3, -0.25) is 4.90 Å². The topological polar surface area (TPSA) is 53.5 Å². The van der Waals surface area contributed by atoms with E-state index < -0.39 is 0 Å². The smallest absolute Gasteiger partial charge is 0.318 e.